The molecule has 1 aliphatic heterocycles. The molecule has 0 bridgehead atoms. The highest BCUT2D eigenvalue weighted by Crippen LogP contribution is 2.30. The Balaban J connectivity index is 1.48. The topological polar surface area (TPSA) is 21.3 Å². The van der Waals surface area contributed by atoms with Crippen molar-refractivity contribution in [3.05, 3.63) is 50.7 Å². The van der Waals surface area contributed by atoms with Crippen LogP contribution in [0.5, 0.6) is 5.75 Å². The predicted octanol–water partition coefficient (Wildman–Crippen LogP) is 4.23. The molecule has 2 unspecified atom stereocenters. The molecule has 2 aromatic rings. The molecule has 0 radical (unpaired) electrons. The van der Waals surface area contributed by atoms with Gasteiger partial charge in [0, 0.05) is 33.8 Å². The maximum Gasteiger partial charge on any atom is 0.123 e. The van der Waals surface area contributed by atoms with E-state index in [0.29, 0.717) is 6.04 Å². The second-order valence-electron chi connectivity index (χ2n) is 5.72. The molecule has 1 N–H and O–H groups in total. The van der Waals surface area contributed by atoms with Gasteiger partial charge < -0.3 is 10.1 Å². The Labute approximate surface area is 135 Å². The van der Waals surface area contributed by atoms with Gasteiger partial charge in [-0.1, -0.05) is 11.6 Å². The first-order valence-electron chi connectivity index (χ1n) is 7.34. The Bertz CT molecular complexity index is 625. The SMILES string of the molecule is Cc1ccc(CC(C)NCC2Cc3cc(Cl)ccc3O2)s1. The summed E-state index contributed by atoms with van der Waals surface area (Å²) in [6.45, 7) is 5.26. The lowest BCUT2D eigenvalue weighted by atomic mass is 10.1. The van der Waals surface area contributed by atoms with Gasteiger partial charge >= 0.3 is 0 Å². The Morgan fingerprint density at radius 2 is 2.24 bits per heavy atom. The highest BCUT2D eigenvalue weighted by atomic mass is 35.5. The van der Waals surface area contributed by atoms with E-state index in [-0.39, 0.29) is 6.10 Å². The molecule has 0 saturated heterocycles. The van der Waals surface area contributed by atoms with Gasteiger partial charge in [-0.25, -0.2) is 0 Å². The number of hydrogen-bond donors (Lipinski definition) is 1. The van der Waals surface area contributed by atoms with Crippen LogP contribution in [0, 0.1) is 6.92 Å². The number of benzene rings is 1. The molecule has 4 heteroatoms. The van der Waals surface area contributed by atoms with E-state index in [1.165, 1.54) is 15.3 Å². The molecule has 2 nitrogen and oxygen atoms in total. The molecular weight excluding hydrogens is 302 g/mol. The first-order valence-corrected chi connectivity index (χ1v) is 8.53. The van der Waals surface area contributed by atoms with Crippen molar-refractivity contribution < 1.29 is 4.74 Å². The Kier molecular flexibility index (Phi) is 4.53. The van der Waals surface area contributed by atoms with E-state index >= 15 is 0 Å². The number of hydrogen-bond acceptors (Lipinski definition) is 3. The summed E-state index contributed by atoms with van der Waals surface area (Å²) in [5.74, 6) is 0.979. The molecule has 21 heavy (non-hydrogen) atoms. The molecule has 3 rings (SSSR count). The van der Waals surface area contributed by atoms with Crippen LogP contribution in [0.4, 0.5) is 0 Å². The fraction of sp³-hybridized carbons (Fsp3) is 0.412. The zero-order valence-corrected chi connectivity index (χ0v) is 13.9. The molecule has 1 aromatic heterocycles. The number of ether oxygens (including phenoxy) is 1. The first kappa shape index (κ1) is 14.9. The third-order valence-electron chi connectivity index (χ3n) is 3.76. The van der Waals surface area contributed by atoms with Gasteiger partial charge in [-0.2, -0.15) is 0 Å². The van der Waals surface area contributed by atoms with Gasteiger partial charge in [-0.05, 0) is 56.2 Å². The van der Waals surface area contributed by atoms with Crippen molar-refractivity contribution in [1.82, 2.24) is 5.32 Å². The first-order chi connectivity index (χ1) is 10.1. The van der Waals surface area contributed by atoms with Crippen molar-refractivity contribution in [3.8, 4) is 5.75 Å². The summed E-state index contributed by atoms with van der Waals surface area (Å²) >= 11 is 7.90. The molecule has 0 aliphatic carbocycles. The molecule has 112 valence electrons. The van der Waals surface area contributed by atoms with Gasteiger partial charge in [0.05, 0.1) is 0 Å². The van der Waals surface area contributed by atoms with Crippen LogP contribution >= 0.6 is 22.9 Å². The smallest absolute Gasteiger partial charge is 0.123 e. The third-order valence-corrected chi connectivity index (χ3v) is 5.02. The van der Waals surface area contributed by atoms with E-state index in [1.54, 1.807) is 0 Å². The fourth-order valence-electron chi connectivity index (χ4n) is 2.70. The zero-order valence-electron chi connectivity index (χ0n) is 12.4. The molecule has 0 amide bonds. The summed E-state index contributed by atoms with van der Waals surface area (Å²) < 4.78 is 5.95. The lowest BCUT2D eigenvalue weighted by Crippen LogP contribution is -2.36. The van der Waals surface area contributed by atoms with Crippen molar-refractivity contribution in [2.24, 2.45) is 0 Å². The lowest BCUT2D eigenvalue weighted by molar-refractivity contribution is 0.222. The van der Waals surface area contributed by atoms with Gasteiger partial charge in [-0.3, -0.25) is 0 Å². The molecule has 1 aliphatic rings. The molecule has 0 saturated carbocycles. The van der Waals surface area contributed by atoms with Crippen LogP contribution in [-0.2, 0) is 12.8 Å². The number of halogens is 1. The fourth-order valence-corrected chi connectivity index (χ4v) is 3.92. The summed E-state index contributed by atoms with van der Waals surface area (Å²) in [6.07, 6.45) is 2.23. The molecule has 2 atom stereocenters. The van der Waals surface area contributed by atoms with E-state index < -0.39 is 0 Å². The molecule has 0 fully saturated rings. The van der Waals surface area contributed by atoms with Gasteiger partial charge in [0.25, 0.3) is 0 Å². The van der Waals surface area contributed by atoms with Crippen LogP contribution in [0.3, 0.4) is 0 Å². The maximum absolute atomic E-state index is 6.02. The number of rotatable bonds is 5. The summed E-state index contributed by atoms with van der Waals surface area (Å²) in [5.41, 5.74) is 1.22. The average Bonchev–Trinajstić information content (AvgIpc) is 3.02. The second kappa shape index (κ2) is 6.39. The van der Waals surface area contributed by atoms with Gasteiger partial charge in [-0.15, -0.1) is 11.3 Å². The van der Waals surface area contributed by atoms with Crippen LogP contribution in [-0.4, -0.2) is 18.7 Å². The molecular formula is C17H20ClNOS. The van der Waals surface area contributed by atoms with E-state index in [4.69, 9.17) is 16.3 Å². The van der Waals surface area contributed by atoms with E-state index in [1.807, 2.05) is 29.5 Å². The van der Waals surface area contributed by atoms with Crippen LogP contribution in [0.2, 0.25) is 5.02 Å². The molecule has 0 spiro atoms. The monoisotopic (exact) mass is 321 g/mol. The molecule has 1 aromatic carbocycles. The summed E-state index contributed by atoms with van der Waals surface area (Å²) in [4.78, 5) is 2.82. The van der Waals surface area contributed by atoms with Crippen LogP contribution in [0.25, 0.3) is 0 Å². The predicted molar refractivity (Wildman–Crippen MR) is 89.8 cm³/mol. The minimum atomic E-state index is 0.214. The van der Waals surface area contributed by atoms with E-state index in [2.05, 4.69) is 31.3 Å². The second-order valence-corrected chi connectivity index (χ2v) is 7.53. The standard InChI is InChI=1S/C17H20ClNOS/c1-11(7-16-5-3-12(2)21-16)19-10-15-9-13-8-14(18)4-6-17(13)20-15/h3-6,8,11,15,19H,7,9-10H2,1-2H3. The summed E-state index contributed by atoms with van der Waals surface area (Å²) in [5, 5.41) is 4.37. The lowest BCUT2D eigenvalue weighted by Gasteiger charge is -2.16. The molecule has 2 heterocycles. The quantitative estimate of drug-likeness (QED) is 0.889. The maximum atomic E-state index is 6.02. The van der Waals surface area contributed by atoms with Crippen molar-refractivity contribution >= 4 is 22.9 Å². The number of fused-ring (bicyclic) bond motifs is 1. The summed E-state index contributed by atoms with van der Waals surface area (Å²) in [7, 11) is 0. The average molecular weight is 322 g/mol. The highest BCUT2D eigenvalue weighted by Gasteiger charge is 2.23. The van der Waals surface area contributed by atoms with E-state index in [9.17, 15) is 0 Å². The van der Waals surface area contributed by atoms with Crippen molar-refractivity contribution in [2.45, 2.75) is 38.8 Å². The number of aryl methyl sites for hydroxylation is 1. The Morgan fingerprint density at radius 1 is 1.38 bits per heavy atom. The number of thiophene rings is 1. The minimum Gasteiger partial charge on any atom is -0.488 e. The zero-order chi connectivity index (χ0) is 14.8. The number of nitrogens with one attached hydrogen (secondary N) is 1. The highest BCUT2D eigenvalue weighted by molar-refractivity contribution is 7.11. The normalized spacial score (nSPS) is 18.3. The van der Waals surface area contributed by atoms with Crippen molar-refractivity contribution in [1.29, 1.82) is 0 Å². The largest absolute Gasteiger partial charge is 0.488 e. The van der Waals surface area contributed by atoms with Gasteiger partial charge in [0.15, 0.2) is 0 Å². The van der Waals surface area contributed by atoms with Gasteiger partial charge in [0.2, 0.25) is 0 Å². The van der Waals surface area contributed by atoms with Gasteiger partial charge in [0.1, 0.15) is 11.9 Å². The van der Waals surface area contributed by atoms with Crippen LogP contribution < -0.4 is 10.1 Å². The summed E-state index contributed by atoms with van der Waals surface area (Å²) in [6, 6.07) is 10.7. The van der Waals surface area contributed by atoms with Crippen LogP contribution in [0.15, 0.2) is 30.3 Å². The van der Waals surface area contributed by atoms with Crippen molar-refractivity contribution in [3.63, 3.8) is 0 Å². The Hall–Kier alpha value is -1.03. The van der Waals surface area contributed by atoms with E-state index in [0.717, 1.165) is 30.2 Å². The van der Waals surface area contributed by atoms with Crippen LogP contribution in [0.1, 0.15) is 22.2 Å². The Morgan fingerprint density at radius 3 is 3.00 bits per heavy atom. The third kappa shape index (κ3) is 3.79. The minimum absolute atomic E-state index is 0.214. The van der Waals surface area contributed by atoms with Crippen molar-refractivity contribution in [2.75, 3.05) is 6.54 Å².